The van der Waals surface area contributed by atoms with Crippen LogP contribution < -0.4 is 9.47 Å². The molecule has 0 saturated heterocycles. The summed E-state index contributed by atoms with van der Waals surface area (Å²) >= 11 is 0. The number of halogens is 2. The molecule has 1 aliphatic heterocycles. The van der Waals surface area contributed by atoms with Gasteiger partial charge in [0.2, 0.25) is 0 Å². The highest BCUT2D eigenvalue weighted by molar-refractivity contribution is 7.90. The van der Waals surface area contributed by atoms with Gasteiger partial charge in [-0.05, 0) is 48.0 Å². The molecule has 2 aromatic carbocycles. The topological polar surface area (TPSA) is 78.6 Å². The van der Waals surface area contributed by atoms with Crippen LogP contribution in [-0.2, 0) is 9.84 Å². The number of ether oxygens (including phenoxy) is 2. The van der Waals surface area contributed by atoms with Crippen LogP contribution in [0.2, 0.25) is 0 Å². The van der Waals surface area contributed by atoms with Crippen LogP contribution in [0, 0.1) is 0 Å². The molecule has 1 aliphatic rings. The summed E-state index contributed by atoms with van der Waals surface area (Å²) in [7, 11) is -3.30. The zero-order valence-electron chi connectivity index (χ0n) is 15.4. The van der Waals surface area contributed by atoms with Crippen molar-refractivity contribution < 1.29 is 31.1 Å². The predicted octanol–water partition coefficient (Wildman–Crippen LogP) is 4.89. The third-order valence-electron chi connectivity index (χ3n) is 4.69. The molecule has 30 heavy (non-hydrogen) atoms. The molecule has 0 saturated carbocycles. The molecule has 2 aromatic heterocycles. The smallest absolute Gasteiger partial charge is 0.454 e. The van der Waals surface area contributed by atoms with E-state index in [4.69, 9.17) is 4.42 Å². The van der Waals surface area contributed by atoms with Crippen molar-refractivity contribution in [1.82, 2.24) is 4.98 Å². The summed E-state index contributed by atoms with van der Waals surface area (Å²) in [6.45, 7) is 0. The first-order valence-electron chi connectivity index (χ1n) is 8.79. The van der Waals surface area contributed by atoms with E-state index in [1.807, 2.05) is 0 Å². The summed E-state index contributed by atoms with van der Waals surface area (Å²) in [5, 5.41) is 0. The van der Waals surface area contributed by atoms with Crippen molar-refractivity contribution in [2.24, 2.45) is 0 Å². The molecule has 4 aromatic rings. The summed E-state index contributed by atoms with van der Waals surface area (Å²) in [5.74, 6) is 0.392. The Morgan fingerprint density at radius 3 is 2.33 bits per heavy atom. The van der Waals surface area contributed by atoms with Gasteiger partial charge in [-0.2, -0.15) is 0 Å². The lowest BCUT2D eigenvalue weighted by Gasteiger charge is -2.04. The number of furan rings is 1. The van der Waals surface area contributed by atoms with Crippen LogP contribution in [0.1, 0.15) is 0 Å². The molecular formula is C21H13F2NO5S. The lowest BCUT2D eigenvalue weighted by molar-refractivity contribution is -0.286. The molecule has 152 valence electrons. The van der Waals surface area contributed by atoms with E-state index in [0.29, 0.717) is 33.6 Å². The van der Waals surface area contributed by atoms with Crippen LogP contribution in [0.15, 0.2) is 70.1 Å². The lowest BCUT2D eigenvalue weighted by atomic mass is 10.1. The Labute approximate surface area is 169 Å². The SMILES string of the molecule is CS(=O)(=O)c1ccc(-c2cc3nccc(-c4ccc5c(c4)OC(F)(F)O5)c3o2)cc1. The fourth-order valence-corrected chi connectivity index (χ4v) is 3.92. The normalized spacial score (nSPS) is 14.9. The molecule has 5 rings (SSSR count). The molecule has 0 radical (unpaired) electrons. The Morgan fingerprint density at radius 2 is 1.60 bits per heavy atom. The number of alkyl halides is 2. The third kappa shape index (κ3) is 3.17. The van der Waals surface area contributed by atoms with Gasteiger partial charge in [-0.3, -0.25) is 4.98 Å². The molecule has 9 heteroatoms. The van der Waals surface area contributed by atoms with Crippen LogP contribution >= 0.6 is 0 Å². The highest BCUT2D eigenvalue weighted by atomic mass is 32.2. The first-order chi connectivity index (χ1) is 14.2. The zero-order valence-corrected chi connectivity index (χ0v) is 16.2. The van der Waals surface area contributed by atoms with Crippen LogP contribution in [0.4, 0.5) is 8.78 Å². The Bertz CT molecular complexity index is 1390. The average molecular weight is 429 g/mol. The fraction of sp³-hybridized carbons (Fsp3) is 0.0952. The highest BCUT2D eigenvalue weighted by Crippen LogP contribution is 2.44. The number of aromatic nitrogens is 1. The van der Waals surface area contributed by atoms with E-state index in [1.165, 1.54) is 24.3 Å². The van der Waals surface area contributed by atoms with Gasteiger partial charge < -0.3 is 13.9 Å². The number of hydrogen-bond acceptors (Lipinski definition) is 6. The quantitative estimate of drug-likeness (QED) is 0.462. The molecule has 3 heterocycles. The summed E-state index contributed by atoms with van der Waals surface area (Å²) in [6.07, 6.45) is -0.964. The van der Waals surface area contributed by atoms with Crippen molar-refractivity contribution in [2.75, 3.05) is 6.26 Å². The number of pyridine rings is 1. The Kier molecular flexibility index (Phi) is 3.88. The summed E-state index contributed by atoms with van der Waals surface area (Å²) < 4.78 is 64.9. The molecule has 0 N–H and O–H groups in total. The molecule has 0 aliphatic carbocycles. The molecular weight excluding hydrogens is 416 g/mol. The second-order valence-electron chi connectivity index (χ2n) is 6.81. The maximum absolute atomic E-state index is 13.3. The summed E-state index contributed by atoms with van der Waals surface area (Å²) in [4.78, 5) is 4.51. The Morgan fingerprint density at radius 1 is 0.900 bits per heavy atom. The zero-order chi connectivity index (χ0) is 21.1. The molecule has 0 unspecified atom stereocenters. The van der Waals surface area contributed by atoms with Crippen molar-refractivity contribution in [2.45, 2.75) is 11.2 Å². The molecule has 6 nitrogen and oxygen atoms in total. The van der Waals surface area contributed by atoms with Gasteiger partial charge in [-0.1, -0.05) is 6.07 Å². The third-order valence-corrected chi connectivity index (χ3v) is 5.82. The predicted molar refractivity (Wildman–Crippen MR) is 104 cm³/mol. The number of fused-ring (bicyclic) bond motifs is 2. The molecule has 0 spiro atoms. The Balaban J connectivity index is 1.57. The first kappa shape index (κ1) is 18.6. The molecule has 0 amide bonds. The van der Waals surface area contributed by atoms with Crippen LogP contribution in [0.5, 0.6) is 11.5 Å². The number of rotatable bonds is 3. The highest BCUT2D eigenvalue weighted by Gasteiger charge is 2.43. The average Bonchev–Trinajstić information content (AvgIpc) is 3.25. The van der Waals surface area contributed by atoms with E-state index in [9.17, 15) is 17.2 Å². The van der Waals surface area contributed by atoms with Gasteiger partial charge in [-0.25, -0.2) is 8.42 Å². The lowest BCUT2D eigenvalue weighted by Crippen LogP contribution is -2.25. The van der Waals surface area contributed by atoms with Crippen LogP contribution in [0.25, 0.3) is 33.6 Å². The van der Waals surface area contributed by atoms with Gasteiger partial charge >= 0.3 is 6.29 Å². The van der Waals surface area contributed by atoms with Gasteiger partial charge in [0.15, 0.2) is 26.9 Å². The second kappa shape index (κ2) is 6.27. The van der Waals surface area contributed by atoms with E-state index in [2.05, 4.69) is 14.5 Å². The monoisotopic (exact) mass is 429 g/mol. The maximum atomic E-state index is 13.3. The minimum atomic E-state index is -3.69. The van der Waals surface area contributed by atoms with Crippen LogP contribution in [0.3, 0.4) is 0 Å². The van der Waals surface area contributed by atoms with Crippen LogP contribution in [-0.4, -0.2) is 26.0 Å². The summed E-state index contributed by atoms with van der Waals surface area (Å²) in [5.41, 5.74) is 2.94. The van der Waals surface area contributed by atoms with Gasteiger partial charge in [0.25, 0.3) is 0 Å². The maximum Gasteiger partial charge on any atom is 0.586 e. The van der Waals surface area contributed by atoms with Crippen molar-refractivity contribution in [1.29, 1.82) is 0 Å². The number of hydrogen-bond donors (Lipinski definition) is 0. The number of nitrogens with zero attached hydrogens (tertiary/aromatic N) is 1. The first-order valence-corrected chi connectivity index (χ1v) is 10.7. The van der Waals surface area contributed by atoms with E-state index < -0.39 is 16.1 Å². The van der Waals surface area contributed by atoms with Gasteiger partial charge in [-0.15, -0.1) is 8.78 Å². The minimum absolute atomic E-state index is 0.0415. The summed E-state index contributed by atoms with van der Waals surface area (Å²) in [6, 6.07) is 14.2. The van der Waals surface area contributed by atoms with Crippen molar-refractivity contribution >= 4 is 20.9 Å². The fourth-order valence-electron chi connectivity index (χ4n) is 3.29. The van der Waals surface area contributed by atoms with Crippen molar-refractivity contribution in [3.8, 4) is 33.9 Å². The van der Waals surface area contributed by atoms with E-state index in [1.54, 1.807) is 36.5 Å². The van der Waals surface area contributed by atoms with Crippen molar-refractivity contribution in [3.05, 3.63) is 60.8 Å². The molecule has 0 bridgehead atoms. The van der Waals surface area contributed by atoms with Crippen molar-refractivity contribution in [3.63, 3.8) is 0 Å². The van der Waals surface area contributed by atoms with Gasteiger partial charge in [0.05, 0.1) is 4.90 Å². The van der Waals surface area contributed by atoms with Gasteiger partial charge in [0.1, 0.15) is 11.3 Å². The molecule has 0 atom stereocenters. The minimum Gasteiger partial charge on any atom is -0.454 e. The van der Waals surface area contributed by atoms with E-state index in [-0.39, 0.29) is 16.4 Å². The number of benzene rings is 2. The Hall–Kier alpha value is -3.46. The second-order valence-corrected chi connectivity index (χ2v) is 8.82. The molecule has 0 fully saturated rings. The standard InChI is InChI=1S/C21H13F2NO5S/c1-30(25,26)14-5-2-12(3-6-14)18-11-16-20(27-18)15(8-9-24-16)13-4-7-17-19(10-13)29-21(22,23)28-17/h2-11H,1H3. The van der Waals surface area contributed by atoms with E-state index in [0.717, 1.165) is 6.26 Å². The van der Waals surface area contributed by atoms with E-state index >= 15 is 0 Å². The largest absolute Gasteiger partial charge is 0.586 e. The van der Waals surface area contributed by atoms with Gasteiger partial charge in [0, 0.05) is 29.6 Å². The number of sulfone groups is 1.